The quantitative estimate of drug-likeness (QED) is 0.153. The molecule has 0 saturated carbocycles. The van der Waals surface area contributed by atoms with Gasteiger partial charge in [-0.15, -0.1) is 11.3 Å². The van der Waals surface area contributed by atoms with E-state index >= 15 is 0 Å². The van der Waals surface area contributed by atoms with E-state index in [9.17, 15) is 0 Å². The van der Waals surface area contributed by atoms with Crippen LogP contribution in [0.1, 0.15) is 52.7 Å². The fraction of sp³-hybridized carbons (Fsp3) is 0.125. The average molecular weight is 918 g/mol. The van der Waals surface area contributed by atoms with Crippen molar-refractivity contribution >= 4 is 93.8 Å². The number of halogens is 1. The summed E-state index contributed by atoms with van der Waals surface area (Å²) >= 11 is 9.54. The molecular formula is C64H53ClN2S. The summed E-state index contributed by atoms with van der Waals surface area (Å²) in [5.41, 5.74) is 14.3. The summed E-state index contributed by atoms with van der Waals surface area (Å²) in [6, 6.07) is 72.9. The molecule has 0 radical (unpaired) electrons. The number of fused-ring (bicyclic) bond motifs is 7. The predicted molar refractivity (Wildman–Crippen MR) is 297 cm³/mol. The Hall–Kier alpha value is -7.17. The van der Waals surface area contributed by atoms with Gasteiger partial charge in [0.1, 0.15) is 0 Å². The first-order valence-corrected chi connectivity index (χ1v) is 24.8. The first-order valence-electron chi connectivity index (χ1n) is 23.5. The Bertz CT molecular complexity index is 3630. The Morgan fingerprint density at radius 2 is 0.912 bits per heavy atom. The number of nitrogens with one attached hydrogen (secondary N) is 1. The van der Waals surface area contributed by atoms with E-state index in [0.29, 0.717) is 5.02 Å². The van der Waals surface area contributed by atoms with Crippen LogP contribution in [0, 0.1) is 0 Å². The molecule has 0 saturated heterocycles. The lowest BCUT2D eigenvalue weighted by molar-refractivity contribution is 0.590. The van der Waals surface area contributed by atoms with Crippen LogP contribution in [-0.4, -0.2) is 0 Å². The Labute approximate surface area is 409 Å². The third-order valence-electron chi connectivity index (χ3n) is 13.5. The van der Waals surface area contributed by atoms with Gasteiger partial charge in [-0.3, -0.25) is 0 Å². The first-order chi connectivity index (χ1) is 32.9. The van der Waals surface area contributed by atoms with E-state index in [1.807, 2.05) is 0 Å². The molecule has 0 spiro atoms. The van der Waals surface area contributed by atoms with Gasteiger partial charge in [-0.05, 0) is 137 Å². The largest absolute Gasteiger partial charge is 0.354 e. The van der Waals surface area contributed by atoms with Gasteiger partial charge in [0.2, 0.25) is 0 Å². The molecule has 2 nitrogen and oxygen atoms in total. The van der Waals surface area contributed by atoms with E-state index in [1.165, 1.54) is 70.2 Å². The summed E-state index contributed by atoms with van der Waals surface area (Å²) < 4.78 is 1.23. The summed E-state index contributed by atoms with van der Waals surface area (Å²) in [4.78, 5) is 2.41. The van der Waals surface area contributed by atoms with E-state index in [0.717, 1.165) is 45.1 Å². The summed E-state index contributed by atoms with van der Waals surface area (Å²) in [7, 11) is 0. The van der Waals surface area contributed by atoms with E-state index in [1.54, 1.807) is 11.3 Å². The van der Waals surface area contributed by atoms with E-state index in [-0.39, 0.29) is 10.8 Å². The summed E-state index contributed by atoms with van der Waals surface area (Å²) in [5, 5.41) is 15.4. The summed E-state index contributed by atoms with van der Waals surface area (Å²) in [5.74, 6) is 0. The second-order valence-electron chi connectivity index (χ2n) is 20.0. The van der Waals surface area contributed by atoms with Crippen LogP contribution in [0.4, 0.5) is 28.4 Å². The van der Waals surface area contributed by atoms with Crippen LogP contribution in [0.3, 0.4) is 0 Å². The molecule has 0 aliphatic heterocycles. The Kier molecular flexibility index (Phi) is 11.0. The number of anilines is 5. The molecule has 0 fully saturated rings. The smallest absolute Gasteiger partial charge is 0.0881 e. The minimum atomic E-state index is -0.0861. The van der Waals surface area contributed by atoms with Gasteiger partial charge < -0.3 is 10.2 Å². The molecule has 10 aromatic carbocycles. The van der Waals surface area contributed by atoms with Crippen molar-refractivity contribution in [2.75, 3.05) is 10.2 Å². The van der Waals surface area contributed by atoms with Gasteiger partial charge in [-0.1, -0.05) is 199 Å². The van der Waals surface area contributed by atoms with E-state index in [4.69, 9.17) is 11.6 Å². The molecule has 1 heterocycles. The number of benzene rings is 10. The number of hydrogen-bond acceptors (Lipinski definition) is 3. The second kappa shape index (κ2) is 17.2. The van der Waals surface area contributed by atoms with Crippen LogP contribution in [0.15, 0.2) is 206 Å². The van der Waals surface area contributed by atoms with Crippen LogP contribution in [-0.2, 0) is 10.8 Å². The van der Waals surface area contributed by atoms with Crippen molar-refractivity contribution in [2.45, 2.75) is 52.4 Å². The lowest BCUT2D eigenvalue weighted by atomic mass is 9.84. The number of hydrogen-bond donors (Lipinski definition) is 1. The molecule has 68 heavy (non-hydrogen) atoms. The van der Waals surface area contributed by atoms with E-state index < -0.39 is 0 Å². The molecule has 11 rings (SSSR count). The van der Waals surface area contributed by atoms with Crippen LogP contribution in [0.25, 0.3) is 75.8 Å². The Balaban J connectivity index is 1.06. The lowest BCUT2D eigenvalue weighted by Crippen LogP contribution is -2.15. The summed E-state index contributed by atoms with van der Waals surface area (Å²) in [6.07, 6.45) is 0. The highest BCUT2D eigenvalue weighted by Crippen LogP contribution is 2.51. The zero-order chi connectivity index (χ0) is 46.7. The van der Waals surface area contributed by atoms with Crippen LogP contribution in [0.5, 0.6) is 0 Å². The predicted octanol–water partition coefficient (Wildman–Crippen LogP) is 19.8. The normalized spacial score (nSPS) is 12.0. The maximum Gasteiger partial charge on any atom is 0.0881 e. The molecule has 0 aliphatic rings. The summed E-state index contributed by atoms with van der Waals surface area (Å²) in [6.45, 7) is 13.7. The molecule has 0 unspecified atom stereocenters. The highest BCUT2D eigenvalue weighted by atomic mass is 35.5. The van der Waals surface area contributed by atoms with Gasteiger partial charge in [0.05, 0.1) is 27.8 Å². The molecule has 0 atom stereocenters. The SMILES string of the molecule is CC(C)(C)c1ccc(N(c2cccc(Nc3ccc(-c4ccc(-c5ccccc5)cc4)cc3)c2Cl)c2csc3ccc(C(C)(C)C)cc23)c(-c2ccc3c4ccccc4c4ccccc4c3c2)c1. The van der Waals surface area contributed by atoms with Gasteiger partial charge >= 0.3 is 0 Å². The molecule has 332 valence electrons. The van der Waals surface area contributed by atoms with Crippen molar-refractivity contribution in [1.29, 1.82) is 0 Å². The zero-order valence-corrected chi connectivity index (χ0v) is 40.9. The van der Waals surface area contributed by atoms with Crippen LogP contribution >= 0.6 is 22.9 Å². The van der Waals surface area contributed by atoms with Gasteiger partial charge in [0.15, 0.2) is 0 Å². The average Bonchev–Trinajstić information content (AvgIpc) is 3.78. The fourth-order valence-corrected chi connectivity index (χ4v) is 10.9. The number of thiophene rings is 1. The molecule has 11 aromatic rings. The fourth-order valence-electron chi connectivity index (χ4n) is 9.72. The maximum atomic E-state index is 7.77. The minimum absolute atomic E-state index is 0.0293. The van der Waals surface area contributed by atoms with Crippen molar-refractivity contribution in [3.8, 4) is 33.4 Å². The highest BCUT2D eigenvalue weighted by molar-refractivity contribution is 7.17. The van der Waals surface area contributed by atoms with Crippen LogP contribution < -0.4 is 10.2 Å². The standard InChI is InChI=1S/C64H53ClN2S/c1-63(2,3)46-30-35-58(54(38-46)45-29-34-53-51-19-11-10-17-49(51)50-18-12-13-20-52(50)55(53)37-45)67(60-40-68-61-36-31-47(39-56(60)61)64(4,5)6)59-22-14-21-57(62(59)65)66-48-32-27-44(28-33-48)43-25-23-42(24-26-43)41-15-8-7-9-16-41/h7-40,66H,1-6H3. The van der Waals surface area contributed by atoms with Crippen molar-refractivity contribution < 1.29 is 0 Å². The van der Waals surface area contributed by atoms with E-state index in [2.05, 4.69) is 257 Å². The monoisotopic (exact) mass is 916 g/mol. The minimum Gasteiger partial charge on any atom is -0.354 e. The maximum absolute atomic E-state index is 7.77. The van der Waals surface area contributed by atoms with Crippen LogP contribution in [0.2, 0.25) is 5.02 Å². The van der Waals surface area contributed by atoms with Gasteiger partial charge in [-0.25, -0.2) is 0 Å². The molecule has 0 amide bonds. The van der Waals surface area contributed by atoms with Gasteiger partial charge in [0.25, 0.3) is 0 Å². The highest BCUT2D eigenvalue weighted by Gasteiger charge is 2.27. The molecule has 0 bridgehead atoms. The topological polar surface area (TPSA) is 15.3 Å². The third-order valence-corrected chi connectivity index (χ3v) is 14.9. The third kappa shape index (κ3) is 8.00. The molecule has 1 aromatic heterocycles. The Morgan fingerprint density at radius 1 is 0.397 bits per heavy atom. The van der Waals surface area contributed by atoms with Crippen molar-refractivity contribution in [3.63, 3.8) is 0 Å². The van der Waals surface area contributed by atoms with Crippen molar-refractivity contribution in [1.82, 2.24) is 0 Å². The van der Waals surface area contributed by atoms with Gasteiger partial charge in [0, 0.05) is 26.7 Å². The number of nitrogens with zero attached hydrogens (tertiary/aromatic N) is 1. The number of rotatable bonds is 8. The molecule has 0 aliphatic carbocycles. The molecule has 4 heteroatoms. The second-order valence-corrected chi connectivity index (χ2v) is 21.3. The zero-order valence-electron chi connectivity index (χ0n) is 39.4. The molecular weight excluding hydrogens is 864 g/mol. The van der Waals surface area contributed by atoms with Gasteiger partial charge in [-0.2, -0.15) is 0 Å². The van der Waals surface area contributed by atoms with Crippen molar-refractivity contribution in [3.05, 3.63) is 222 Å². The first kappa shape index (κ1) is 43.4. The Morgan fingerprint density at radius 3 is 1.53 bits per heavy atom. The molecule has 1 N–H and O–H groups in total. The lowest BCUT2D eigenvalue weighted by Gasteiger charge is -2.31. The van der Waals surface area contributed by atoms with Crippen molar-refractivity contribution in [2.24, 2.45) is 0 Å².